The first-order valence-electron chi connectivity index (χ1n) is 4.55. The molecule has 17 heavy (non-hydrogen) atoms. The molecule has 0 saturated carbocycles. The van der Waals surface area contributed by atoms with Gasteiger partial charge in [-0.2, -0.15) is 13.2 Å². The summed E-state index contributed by atoms with van der Waals surface area (Å²) >= 11 is 11.4. The minimum atomic E-state index is -4.42. The maximum absolute atomic E-state index is 11.8. The minimum Gasteiger partial charge on any atom is -0.347 e. The number of alkyl halides is 3. The number of rotatable bonds is 3. The van der Waals surface area contributed by atoms with E-state index in [1.54, 1.807) is 5.32 Å². The highest BCUT2D eigenvalue weighted by atomic mass is 35.5. The first-order chi connectivity index (χ1) is 7.78. The Balaban J connectivity index is 2.57. The van der Waals surface area contributed by atoms with E-state index in [-0.39, 0.29) is 11.4 Å². The molecule has 1 aromatic rings. The van der Waals surface area contributed by atoms with Crippen molar-refractivity contribution in [2.45, 2.75) is 12.6 Å². The second-order valence-corrected chi connectivity index (χ2v) is 4.15. The van der Waals surface area contributed by atoms with Gasteiger partial charge in [-0.15, -0.1) is 0 Å². The summed E-state index contributed by atoms with van der Waals surface area (Å²) in [5.74, 6) is -0.744. The van der Waals surface area contributed by atoms with Gasteiger partial charge >= 0.3 is 6.18 Å². The standard InChI is InChI=1S/C10H8Cl2F3NO/c11-7-2-1-6(8(12)4-7)3-9(17)16-5-10(13,14)15/h1-2,4H,3,5H2,(H,16,17). The molecule has 7 heteroatoms. The Labute approximate surface area is 106 Å². The number of hydrogen-bond donors (Lipinski definition) is 1. The van der Waals surface area contributed by atoms with E-state index >= 15 is 0 Å². The van der Waals surface area contributed by atoms with Crippen LogP contribution in [0, 0.1) is 0 Å². The topological polar surface area (TPSA) is 29.1 Å². The first kappa shape index (κ1) is 14.1. The van der Waals surface area contributed by atoms with Crippen molar-refractivity contribution in [2.24, 2.45) is 0 Å². The summed E-state index contributed by atoms with van der Waals surface area (Å²) < 4.78 is 35.5. The largest absolute Gasteiger partial charge is 0.405 e. The summed E-state index contributed by atoms with van der Waals surface area (Å²) in [6.45, 7) is -1.35. The monoisotopic (exact) mass is 285 g/mol. The van der Waals surface area contributed by atoms with E-state index < -0.39 is 18.6 Å². The molecule has 0 aromatic heterocycles. The lowest BCUT2D eigenvalue weighted by Crippen LogP contribution is -2.34. The molecule has 0 fully saturated rings. The summed E-state index contributed by atoms with van der Waals surface area (Å²) in [4.78, 5) is 11.2. The third kappa shape index (κ3) is 5.28. The number of benzene rings is 1. The zero-order valence-corrected chi connectivity index (χ0v) is 9.96. The van der Waals surface area contributed by atoms with Gasteiger partial charge in [0.15, 0.2) is 0 Å². The van der Waals surface area contributed by atoms with Gasteiger partial charge in [-0.25, -0.2) is 0 Å². The molecule has 0 atom stereocenters. The molecule has 0 aliphatic rings. The summed E-state index contributed by atoms with van der Waals surface area (Å²) in [7, 11) is 0. The van der Waals surface area contributed by atoms with E-state index in [0.29, 0.717) is 10.6 Å². The summed E-state index contributed by atoms with van der Waals surface area (Å²) in [6.07, 6.45) is -4.63. The Morgan fingerprint density at radius 1 is 1.29 bits per heavy atom. The molecular weight excluding hydrogens is 278 g/mol. The number of carbonyl (C=O) groups is 1. The molecule has 0 aliphatic carbocycles. The number of carbonyl (C=O) groups excluding carboxylic acids is 1. The molecule has 1 amide bonds. The van der Waals surface area contributed by atoms with Crippen LogP contribution in [-0.4, -0.2) is 18.6 Å². The zero-order chi connectivity index (χ0) is 13.1. The van der Waals surface area contributed by atoms with Crippen LogP contribution >= 0.6 is 23.2 Å². The average molecular weight is 286 g/mol. The third-order valence-electron chi connectivity index (χ3n) is 1.85. The maximum atomic E-state index is 11.8. The Hall–Kier alpha value is -0.940. The third-order valence-corrected chi connectivity index (χ3v) is 2.44. The molecule has 0 radical (unpaired) electrons. The Kier molecular flexibility index (Phi) is 4.65. The van der Waals surface area contributed by atoms with E-state index in [9.17, 15) is 18.0 Å². The van der Waals surface area contributed by atoms with E-state index in [0.717, 1.165) is 0 Å². The van der Waals surface area contributed by atoms with Crippen LogP contribution < -0.4 is 5.32 Å². The fraction of sp³-hybridized carbons (Fsp3) is 0.300. The first-order valence-corrected chi connectivity index (χ1v) is 5.31. The van der Waals surface area contributed by atoms with E-state index in [1.807, 2.05) is 0 Å². The normalized spacial score (nSPS) is 11.4. The quantitative estimate of drug-likeness (QED) is 0.908. The second-order valence-electron chi connectivity index (χ2n) is 3.30. The van der Waals surface area contributed by atoms with E-state index in [2.05, 4.69) is 0 Å². The highest BCUT2D eigenvalue weighted by Crippen LogP contribution is 2.21. The van der Waals surface area contributed by atoms with Crippen molar-refractivity contribution < 1.29 is 18.0 Å². The molecule has 0 aliphatic heterocycles. The van der Waals surface area contributed by atoms with Crippen LogP contribution in [-0.2, 0) is 11.2 Å². The highest BCUT2D eigenvalue weighted by molar-refractivity contribution is 6.35. The van der Waals surface area contributed by atoms with Crippen molar-refractivity contribution in [1.29, 1.82) is 0 Å². The fourth-order valence-electron chi connectivity index (χ4n) is 1.10. The summed E-state index contributed by atoms with van der Waals surface area (Å²) in [6, 6.07) is 4.44. The molecule has 1 N–H and O–H groups in total. The van der Waals surface area contributed by atoms with Crippen molar-refractivity contribution in [2.75, 3.05) is 6.54 Å². The molecule has 0 bridgehead atoms. The zero-order valence-electron chi connectivity index (χ0n) is 8.44. The van der Waals surface area contributed by atoms with Gasteiger partial charge in [0, 0.05) is 10.0 Å². The van der Waals surface area contributed by atoms with Crippen LogP contribution in [0.3, 0.4) is 0 Å². The molecular formula is C10H8Cl2F3NO. The molecule has 2 nitrogen and oxygen atoms in total. The number of hydrogen-bond acceptors (Lipinski definition) is 1. The van der Waals surface area contributed by atoms with Crippen molar-refractivity contribution in [3.8, 4) is 0 Å². The van der Waals surface area contributed by atoms with Crippen LogP contribution in [0.15, 0.2) is 18.2 Å². The van der Waals surface area contributed by atoms with Crippen molar-refractivity contribution in [3.63, 3.8) is 0 Å². The number of halogens is 5. The van der Waals surface area contributed by atoms with Gasteiger partial charge in [-0.3, -0.25) is 4.79 Å². The summed E-state index contributed by atoms with van der Waals surface area (Å²) in [5.41, 5.74) is 0.427. The maximum Gasteiger partial charge on any atom is 0.405 e. The van der Waals surface area contributed by atoms with Gasteiger partial charge < -0.3 is 5.32 Å². The molecule has 1 rings (SSSR count). The van der Waals surface area contributed by atoms with Crippen LogP contribution in [0.5, 0.6) is 0 Å². The van der Waals surface area contributed by atoms with Gasteiger partial charge in [0.1, 0.15) is 6.54 Å². The lowest BCUT2D eigenvalue weighted by molar-refractivity contribution is -0.138. The van der Waals surface area contributed by atoms with Crippen molar-refractivity contribution in [1.82, 2.24) is 5.32 Å². The van der Waals surface area contributed by atoms with Gasteiger partial charge in [0.2, 0.25) is 5.91 Å². The van der Waals surface area contributed by atoms with Gasteiger partial charge in [0.25, 0.3) is 0 Å². The van der Waals surface area contributed by atoms with Crippen LogP contribution in [0.2, 0.25) is 10.0 Å². The molecule has 0 saturated heterocycles. The van der Waals surface area contributed by atoms with Crippen molar-refractivity contribution in [3.05, 3.63) is 33.8 Å². The smallest absolute Gasteiger partial charge is 0.347 e. The average Bonchev–Trinajstić information content (AvgIpc) is 2.18. The van der Waals surface area contributed by atoms with Crippen LogP contribution in [0.25, 0.3) is 0 Å². The van der Waals surface area contributed by atoms with Gasteiger partial charge in [-0.05, 0) is 17.7 Å². The molecule has 1 aromatic carbocycles. The van der Waals surface area contributed by atoms with E-state index in [4.69, 9.17) is 23.2 Å². The number of amides is 1. The molecule has 0 spiro atoms. The number of nitrogens with one attached hydrogen (secondary N) is 1. The van der Waals surface area contributed by atoms with E-state index in [1.165, 1.54) is 18.2 Å². The lowest BCUT2D eigenvalue weighted by Gasteiger charge is -2.09. The van der Waals surface area contributed by atoms with Gasteiger partial charge in [-0.1, -0.05) is 29.3 Å². The summed E-state index contributed by atoms with van der Waals surface area (Å²) in [5, 5.41) is 2.40. The Morgan fingerprint density at radius 3 is 2.47 bits per heavy atom. The predicted molar refractivity (Wildman–Crippen MR) is 59.2 cm³/mol. The molecule has 94 valence electrons. The van der Waals surface area contributed by atoms with Crippen LogP contribution in [0.4, 0.5) is 13.2 Å². The predicted octanol–water partition coefficient (Wildman–Crippen LogP) is 3.21. The SMILES string of the molecule is O=C(Cc1ccc(Cl)cc1Cl)NCC(F)(F)F. The molecule has 0 unspecified atom stereocenters. The minimum absolute atomic E-state index is 0.216. The van der Waals surface area contributed by atoms with Crippen molar-refractivity contribution >= 4 is 29.1 Å². The Morgan fingerprint density at radius 2 is 1.94 bits per heavy atom. The second kappa shape index (κ2) is 5.60. The molecule has 0 heterocycles. The fourth-order valence-corrected chi connectivity index (χ4v) is 1.57. The van der Waals surface area contributed by atoms with Gasteiger partial charge in [0.05, 0.1) is 6.42 Å². The Bertz CT molecular complexity index is 421. The lowest BCUT2D eigenvalue weighted by atomic mass is 10.1. The highest BCUT2D eigenvalue weighted by Gasteiger charge is 2.27. The van der Waals surface area contributed by atoms with Crippen LogP contribution in [0.1, 0.15) is 5.56 Å².